The first-order valence-corrected chi connectivity index (χ1v) is 7.59. The zero-order valence-electron chi connectivity index (χ0n) is 9.04. The molecular weight excluding hydrogens is 364 g/mol. The number of nitrogens with one attached hydrogen (secondary N) is 1. The maximum atomic E-state index is 5.74. The highest BCUT2D eigenvalue weighted by Crippen LogP contribution is 2.21. The van der Waals surface area contributed by atoms with E-state index in [9.17, 15) is 0 Å². The van der Waals surface area contributed by atoms with Crippen LogP contribution in [-0.4, -0.2) is 0 Å². The van der Waals surface area contributed by atoms with Gasteiger partial charge in [-0.3, -0.25) is 0 Å². The second kappa shape index (κ2) is 6.00. The molecule has 0 saturated heterocycles. The van der Waals surface area contributed by atoms with Crippen LogP contribution in [0.25, 0.3) is 0 Å². The molecule has 0 amide bonds. The summed E-state index contributed by atoms with van der Waals surface area (Å²) in [5.41, 5.74) is 7.74. The van der Waals surface area contributed by atoms with E-state index in [2.05, 4.69) is 48.6 Å². The van der Waals surface area contributed by atoms with Crippen LogP contribution >= 0.6 is 43.2 Å². The Morgan fingerprint density at radius 3 is 2.65 bits per heavy atom. The maximum absolute atomic E-state index is 5.74. The van der Waals surface area contributed by atoms with Crippen molar-refractivity contribution in [1.29, 1.82) is 0 Å². The number of thiophene rings is 1. The van der Waals surface area contributed by atoms with Gasteiger partial charge in [0.25, 0.3) is 0 Å². The predicted molar refractivity (Wildman–Crippen MR) is 81.1 cm³/mol. The van der Waals surface area contributed by atoms with E-state index in [0.717, 1.165) is 27.7 Å². The monoisotopic (exact) mass is 374 g/mol. The van der Waals surface area contributed by atoms with Crippen LogP contribution < -0.4 is 11.1 Å². The number of rotatable bonds is 4. The van der Waals surface area contributed by atoms with Gasteiger partial charge in [0.05, 0.1) is 0 Å². The molecule has 0 fully saturated rings. The van der Waals surface area contributed by atoms with Crippen molar-refractivity contribution in [1.82, 2.24) is 5.32 Å². The quantitative estimate of drug-likeness (QED) is 0.788. The number of nitrogen functional groups attached to an aromatic ring is 1. The fraction of sp³-hybridized carbons (Fsp3) is 0.167. The molecule has 0 bridgehead atoms. The summed E-state index contributed by atoms with van der Waals surface area (Å²) in [6.45, 7) is 1.73. The summed E-state index contributed by atoms with van der Waals surface area (Å²) in [4.78, 5) is 1.33. The van der Waals surface area contributed by atoms with Gasteiger partial charge in [-0.05, 0) is 55.6 Å². The molecule has 5 heteroatoms. The van der Waals surface area contributed by atoms with Crippen molar-refractivity contribution in [3.8, 4) is 0 Å². The largest absolute Gasteiger partial charge is 0.398 e. The van der Waals surface area contributed by atoms with E-state index >= 15 is 0 Å². The van der Waals surface area contributed by atoms with E-state index < -0.39 is 0 Å². The summed E-state index contributed by atoms with van der Waals surface area (Å²) >= 11 is 8.63. The van der Waals surface area contributed by atoms with Crippen molar-refractivity contribution in [3.63, 3.8) is 0 Å². The smallest absolute Gasteiger partial charge is 0.0458 e. The van der Waals surface area contributed by atoms with E-state index in [-0.39, 0.29) is 0 Å². The molecule has 17 heavy (non-hydrogen) atoms. The highest BCUT2D eigenvalue weighted by atomic mass is 79.9. The molecule has 0 atom stereocenters. The van der Waals surface area contributed by atoms with Crippen molar-refractivity contribution in [2.75, 3.05) is 5.73 Å². The average molecular weight is 376 g/mol. The third-order valence-corrected chi connectivity index (χ3v) is 4.70. The Kier molecular flexibility index (Phi) is 4.62. The van der Waals surface area contributed by atoms with Crippen LogP contribution in [0, 0.1) is 0 Å². The standard InChI is InChI=1S/C12H12Br2N2S/c13-9-4-10(17-7-9)6-16-5-8-1-2-12(15)11(14)3-8/h1-4,7,16H,5-6,15H2. The van der Waals surface area contributed by atoms with Crippen LogP contribution in [0.5, 0.6) is 0 Å². The molecule has 2 aromatic rings. The molecule has 0 aliphatic rings. The average Bonchev–Trinajstić information content (AvgIpc) is 2.70. The Balaban J connectivity index is 1.87. The van der Waals surface area contributed by atoms with Gasteiger partial charge in [0.15, 0.2) is 0 Å². The van der Waals surface area contributed by atoms with Gasteiger partial charge < -0.3 is 11.1 Å². The van der Waals surface area contributed by atoms with Crippen molar-refractivity contribution in [3.05, 3.63) is 49.0 Å². The molecule has 3 N–H and O–H groups in total. The maximum Gasteiger partial charge on any atom is 0.0458 e. The fourth-order valence-corrected chi connectivity index (χ4v) is 3.30. The Labute approximate surface area is 121 Å². The summed E-state index contributed by atoms with van der Waals surface area (Å²) in [6, 6.07) is 8.14. The van der Waals surface area contributed by atoms with E-state index in [1.165, 1.54) is 10.4 Å². The first-order chi connectivity index (χ1) is 8.15. The Morgan fingerprint density at radius 2 is 2.00 bits per heavy atom. The second-order valence-corrected chi connectivity index (χ2v) is 6.46. The topological polar surface area (TPSA) is 38.0 Å². The lowest BCUT2D eigenvalue weighted by Gasteiger charge is -2.05. The van der Waals surface area contributed by atoms with E-state index in [1.54, 1.807) is 11.3 Å². The van der Waals surface area contributed by atoms with Gasteiger partial charge >= 0.3 is 0 Å². The third kappa shape index (κ3) is 3.81. The normalized spacial score (nSPS) is 10.7. The predicted octanol–water partition coefficient (Wildman–Crippen LogP) is 4.15. The lowest BCUT2D eigenvalue weighted by atomic mass is 10.2. The van der Waals surface area contributed by atoms with Crippen molar-refractivity contribution < 1.29 is 0 Å². The first kappa shape index (κ1) is 13.1. The fourth-order valence-electron chi connectivity index (χ4n) is 1.46. The minimum absolute atomic E-state index is 0.774. The van der Waals surface area contributed by atoms with Gasteiger partial charge in [-0.25, -0.2) is 0 Å². The molecule has 0 unspecified atom stereocenters. The van der Waals surface area contributed by atoms with Crippen LogP contribution in [0.15, 0.2) is 38.6 Å². The number of halogens is 2. The van der Waals surface area contributed by atoms with Crippen LogP contribution in [0.3, 0.4) is 0 Å². The SMILES string of the molecule is Nc1ccc(CNCc2cc(Br)cs2)cc1Br. The zero-order valence-corrected chi connectivity index (χ0v) is 13.0. The van der Waals surface area contributed by atoms with Gasteiger partial charge in [0, 0.05) is 38.0 Å². The molecule has 0 radical (unpaired) electrons. The molecule has 90 valence electrons. The Hall–Kier alpha value is -0.360. The molecule has 0 spiro atoms. The number of nitrogens with two attached hydrogens (primary N) is 1. The molecule has 1 aromatic carbocycles. The summed E-state index contributed by atoms with van der Waals surface area (Å²) in [6.07, 6.45) is 0. The van der Waals surface area contributed by atoms with Crippen molar-refractivity contribution >= 4 is 48.9 Å². The van der Waals surface area contributed by atoms with Crippen molar-refractivity contribution in [2.24, 2.45) is 0 Å². The number of hydrogen-bond acceptors (Lipinski definition) is 3. The van der Waals surface area contributed by atoms with Gasteiger partial charge in [-0.2, -0.15) is 0 Å². The Morgan fingerprint density at radius 1 is 1.18 bits per heavy atom. The molecular formula is C12H12Br2N2S. The second-order valence-electron chi connectivity index (χ2n) is 3.69. The summed E-state index contributed by atoms with van der Waals surface area (Å²) in [5.74, 6) is 0. The molecule has 0 saturated carbocycles. The molecule has 1 aromatic heterocycles. The van der Waals surface area contributed by atoms with E-state index in [0.29, 0.717) is 0 Å². The van der Waals surface area contributed by atoms with Crippen LogP contribution in [0.2, 0.25) is 0 Å². The van der Waals surface area contributed by atoms with Crippen LogP contribution in [-0.2, 0) is 13.1 Å². The minimum Gasteiger partial charge on any atom is -0.398 e. The number of hydrogen-bond donors (Lipinski definition) is 2. The highest BCUT2D eigenvalue weighted by Gasteiger charge is 2.00. The molecule has 2 nitrogen and oxygen atoms in total. The zero-order chi connectivity index (χ0) is 12.3. The lowest BCUT2D eigenvalue weighted by Crippen LogP contribution is -2.11. The van der Waals surface area contributed by atoms with Gasteiger partial charge in [-0.15, -0.1) is 11.3 Å². The summed E-state index contributed by atoms with van der Waals surface area (Å²) < 4.78 is 2.10. The highest BCUT2D eigenvalue weighted by molar-refractivity contribution is 9.10. The molecule has 0 aliphatic heterocycles. The van der Waals surface area contributed by atoms with Gasteiger partial charge in [-0.1, -0.05) is 6.07 Å². The Bertz CT molecular complexity index is 511. The molecule has 2 rings (SSSR count). The molecule has 0 aliphatic carbocycles. The van der Waals surface area contributed by atoms with Crippen molar-refractivity contribution in [2.45, 2.75) is 13.1 Å². The van der Waals surface area contributed by atoms with Crippen LogP contribution in [0.1, 0.15) is 10.4 Å². The number of anilines is 1. The molecule has 1 heterocycles. The van der Waals surface area contributed by atoms with E-state index in [1.807, 2.05) is 18.2 Å². The van der Waals surface area contributed by atoms with Gasteiger partial charge in [0.1, 0.15) is 0 Å². The van der Waals surface area contributed by atoms with Crippen LogP contribution in [0.4, 0.5) is 5.69 Å². The number of benzene rings is 1. The van der Waals surface area contributed by atoms with Gasteiger partial charge in [0.2, 0.25) is 0 Å². The minimum atomic E-state index is 0.774. The first-order valence-electron chi connectivity index (χ1n) is 5.12. The lowest BCUT2D eigenvalue weighted by molar-refractivity contribution is 0.700. The summed E-state index contributed by atoms with van der Waals surface area (Å²) in [5, 5.41) is 5.50. The van der Waals surface area contributed by atoms with E-state index in [4.69, 9.17) is 5.73 Å². The third-order valence-electron chi connectivity index (χ3n) is 2.31. The summed E-state index contributed by atoms with van der Waals surface area (Å²) in [7, 11) is 0.